The minimum atomic E-state index is -0.743. The van der Waals surface area contributed by atoms with Crippen molar-refractivity contribution in [3.8, 4) is 0 Å². The van der Waals surface area contributed by atoms with E-state index in [0.29, 0.717) is 6.61 Å². The molecule has 1 N–H and O–H groups in total. The lowest BCUT2D eigenvalue weighted by molar-refractivity contribution is -0.144. The highest BCUT2D eigenvalue weighted by Crippen LogP contribution is 2.19. The molecule has 1 fully saturated rings. The molecule has 0 aliphatic carbocycles. The zero-order chi connectivity index (χ0) is 10.6. The SMILES string of the molecule is COC[C@@H]1CCCCN1[C@H](C)C(=O)O. The molecule has 2 atom stereocenters. The van der Waals surface area contributed by atoms with Crippen molar-refractivity contribution < 1.29 is 14.6 Å². The van der Waals surface area contributed by atoms with Crippen LogP contribution in [0.2, 0.25) is 0 Å². The van der Waals surface area contributed by atoms with Gasteiger partial charge in [0.25, 0.3) is 0 Å². The van der Waals surface area contributed by atoms with Crippen LogP contribution in [0, 0.1) is 0 Å². The van der Waals surface area contributed by atoms with Gasteiger partial charge in [-0.3, -0.25) is 9.69 Å². The quantitative estimate of drug-likeness (QED) is 0.736. The van der Waals surface area contributed by atoms with E-state index in [1.165, 1.54) is 6.42 Å². The number of piperidine rings is 1. The molecule has 4 heteroatoms. The highest BCUT2D eigenvalue weighted by Gasteiger charge is 2.29. The molecular weight excluding hydrogens is 182 g/mol. The average molecular weight is 201 g/mol. The molecule has 0 radical (unpaired) electrons. The predicted octanol–water partition coefficient (Wildman–Crippen LogP) is 0.960. The molecule has 0 bridgehead atoms. The minimum absolute atomic E-state index is 0.278. The van der Waals surface area contributed by atoms with E-state index >= 15 is 0 Å². The topological polar surface area (TPSA) is 49.8 Å². The summed E-state index contributed by atoms with van der Waals surface area (Å²) in [4.78, 5) is 12.9. The van der Waals surface area contributed by atoms with Crippen LogP contribution in [-0.2, 0) is 9.53 Å². The third kappa shape index (κ3) is 2.69. The van der Waals surface area contributed by atoms with Gasteiger partial charge in [0.1, 0.15) is 6.04 Å². The van der Waals surface area contributed by atoms with E-state index in [9.17, 15) is 4.79 Å². The molecule has 0 amide bonds. The number of methoxy groups -OCH3 is 1. The second kappa shape index (κ2) is 5.32. The van der Waals surface area contributed by atoms with Crippen molar-refractivity contribution in [3.05, 3.63) is 0 Å². The molecule has 1 aliphatic rings. The van der Waals surface area contributed by atoms with Crippen molar-refractivity contribution in [2.24, 2.45) is 0 Å². The average Bonchev–Trinajstić information content (AvgIpc) is 2.18. The summed E-state index contributed by atoms with van der Waals surface area (Å²) in [5.41, 5.74) is 0. The highest BCUT2D eigenvalue weighted by atomic mass is 16.5. The van der Waals surface area contributed by atoms with Gasteiger partial charge in [-0.25, -0.2) is 0 Å². The first-order valence-electron chi connectivity index (χ1n) is 5.14. The zero-order valence-corrected chi connectivity index (χ0v) is 8.90. The van der Waals surface area contributed by atoms with Crippen LogP contribution in [0.5, 0.6) is 0 Å². The number of likely N-dealkylation sites (tertiary alicyclic amines) is 1. The van der Waals surface area contributed by atoms with E-state index in [1.54, 1.807) is 14.0 Å². The summed E-state index contributed by atoms with van der Waals surface area (Å²) in [5.74, 6) is -0.743. The maximum atomic E-state index is 10.9. The molecule has 0 spiro atoms. The van der Waals surface area contributed by atoms with Crippen molar-refractivity contribution in [1.29, 1.82) is 0 Å². The molecule has 0 aromatic rings. The van der Waals surface area contributed by atoms with Gasteiger partial charge >= 0.3 is 5.97 Å². The van der Waals surface area contributed by atoms with Crippen molar-refractivity contribution in [1.82, 2.24) is 4.90 Å². The van der Waals surface area contributed by atoms with Gasteiger partial charge in [0.05, 0.1) is 6.61 Å². The van der Waals surface area contributed by atoms with Crippen LogP contribution in [0.3, 0.4) is 0 Å². The number of aliphatic carboxylic acids is 1. The molecule has 0 saturated carbocycles. The van der Waals surface area contributed by atoms with Crippen LogP contribution in [-0.4, -0.2) is 48.3 Å². The number of hydrogen-bond donors (Lipinski definition) is 1. The molecule has 0 unspecified atom stereocenters. The normalized spacial score (nSPS) is 26.0. The molecular formula is C10H19NO3. The third-order valence-corrected chi connectivity index (χ3v) is 2.89. The Morgan fingerprint density at radius 2 is 2.36 bits per heavy atom. The van der Waals surface area contributed by atoms with Crippen LogP contribution in [0.25, 0.3) is 0 Å². The van der Waals surface area contributed by atoms with Gasteiger partial charge in [-0.05, 0) is 26.3 Å². The van der Waals surface area contributed by atoms with E-state index in [-0.39, 0.29) is 6.04 Å². The Balaban J connectivity index is 2.57. The fraction of sp³-hybridized carbons (Fsp3) is 0.900. The standard InChI is InChI=1S/C10H19NO3/c1-8(10(12)13)11-6-4-3-5-9(11)7-14-2/h8-9H,3-7H2,1-2H3,(H,12,13)/t8-,9+/m1/s1. The maximum Gasteiger partial charge on any atom is 0.320 e. The number of rotatable bonds is 4. The lowest BCUT2D eigenvalue weighted by Crippen LogP contribution is -2.50. The first-order chi connectivity index (χ1) is 6.66. The summed E-state index contributed by atoms with van der Waals surface area (Å²) < 4.78 is 5.11. The van der Waals surface area contributed by atoms with E-state index in [0.717, 1.165) is 19.4 Å². The third-order valence-electron chi connectivity index (χ3n) is 2.89. The highest BCUT2D eigenvalue weighted by molar-refractivity contribution is 5.72. The molecule has 1 rings (SSSR count). The summed E-state index contributed by atoms with van der Waals surface area (Å²) in [6.45, 7) is 3.26. The fourth-order valence-corrected chi connectivity index (χ4v) is 2.05. The van der Waals surface area contributed by atoms with Gasteiger partial charge < -0.3 is 9.84 Å². The Labute approximate surface area is 84.8 Å². The lowest BCUT2D eigenvalue weighted by Gasteiger charge is -2.37. The van der Waals surface area contributed by atoms with Crippen LogP contribution >= 0.6 is 0 Å². The Kier molecular flexibility index (Phi) is 4.35. The van der Waals surface area contributed by atoms with Gasteiger partial charge in [0.15, 0.2) is 0 Å². The number of ether oxygens (including phenoxy) is 1. The van der Waals surface area contributed by atoms with Gasteiger partial charge in [0, 0.05) is 13.2 Å². The minimum Gasteiger partial charge on any atom is -0.480 e. The van der Waals surface area contributed by atoms with Crippen LogP contribution in [0.15, 0.2) is 0 Å². The van der Waals surface area contributed by atoms with Gasteiger partial charge in [-0.15, -0.1) is 0 Å². The second-order valence-electron chi connectivity index (χ2n) is 3.86. The van der Waals surface area contributed by atoms with Crippen LogP contribution < -0.4 is 0 Å². The van der Waals surface area contributed by atoms with Gasteiger partial charge in [-0.1, -0.05) is 6.42 Å². The van der Waals surface area contributed by atoms with Gasteiger partial charge in [-0.2, -0.15) is 0 Å². The molecule has 0 aromatic heterocycles. The summed E-state index contributed by atoms with van der Waals surface area (Å²) in [6.07, 6.45) is 3.32. The molecule has 14 heavy (non-hydrogen) atoms. The molecule has 0 aromatic carbocycles. The first-order valence-corrected chi connectivity index (χ1v) is 5.14. The zero-order valence-electron chi connectivity index (χ0n) is 8.90. The Morgan fingerprint density at radius 3 is 2.93 bits per heavy atom. The lowest BCUT2D eigenvalue weighted by atomic mass is 10.0. The molecule has 4 nitrogen and oxygen atoms in total. The van der Waals surface area contributed by atoms with Crippen LogP contribution in [0.4, 0.5) is 0 Å². The number of nitrogens with zero attached hydrogens (tertiary/aromatic N) is 1. The maximum absolute atomic E-state index is 10.9. The molecule has 1 aliphatic heterocycles. The Morgan fingerprint density at radius 1 is 1.64 bits per heavy atom. The smallest absolute Gasteiger partial charge is 0.320 e. The Bertz CT molecular complexity index is 194. The number of carboxylic acid groups (broad SMARTS) is 1. The monoisotopic (exact) mass is 201 g/mol. The largest absolute Gasteiger partial charge is 0.480 e. The van der Waals surface area contributed by atoms with E-state index in [4.69, 9.17) is 9.84 Å². The van der Waals surface area contributed by atoms with E-state index in [2.05, 4.69) is 0 Å². The Hall–Kier alpha value is -0.610. The number of carbonyl (C=O) groups is 1. The molecule has 1 saturated heterocycles. The second-order valence-corrected chi connectivity index (χ2v) is 3.86. The summed E-state index contributed by atoms with van der Waals surface area (Å²) in [7, 11) is 1.66. The van der Waals surface area contributed by atoms with Crippen molar-refractivity contribution in [3.63, 3.8) is 0 Å². The van der Waals surface area contributed by atoms with Gasteiger partial charge in [0.2, 0.25) is 0 Å². The number of hydrogen-bond acceptors (Lipinski definition) is 3. The van der Waals surface area contributed by atoms with Crippen molar-refractivity contribution in [2.45, 2.75) is 38.3 Å². The van der Waals surface area contributed by atoms with E-state index < -0.39 is 12.0 Å². The fourth-order valence-electron chi connectivity index (χ4n) is 2.05. The molecule has 82 valence electrons. The van der Waals surface area contributed by atoms with Crippen molar-refractivity contribution in [2.75, 3.05) is 20.3 Å². The predicted molar refractivity (Wildman–Crippen MR) is 53.3 cm³/mol. The van der Waals surface area contributed by atoms with E-state index in [1.807, 2.05) is 4.90 Å². The summed E-state index contributed by atoms with van der Waals surface area (Å²) >= 11 is 0. The molecule has 1 heterocycles. The van der Waals surface area contributed by atoms with Crippen molar-refractivity contribution >= 4 is 5.97 Å². The summed E-state index contributed by atoms with van der Waals surface area (Å²) in [5, 5.41) is 8.94. The van der Waals surface area contributed by atoms with Crippen LogP contribution in [0.1, 0.15) is 26.2 Å². The number of carboxylic acids is 1. The first kappa shape index (κ1) is 11.5. The summed E-state index contributed by atoms with van der Waals surface area (Å²) in [6, 6.07) is -0.115.